The first-order valence-corrected chi connectivity index (χ1v) is 7.36. The summed E-state index contributed by atoms with van der Waals surface area (Å²) in [6, 6.07) is 13.6. The lowest BCUT2D eigenvalue weighted by atomic mass is 10.2. The van der Waals surface area contributed by atoms with Crippen LogP contribution in [0.1, 0.15) is 5.56 Å². The molecule has 2 heterocycles. The Balaban J connectivity index is 1.81. The highest BCUT2D eigenvalue weighted by molar-refractivity contribution is 7.13. The Hall–Kier alpha value is -2.60. The van der Waals surface area contributed by atoms with Gasteiger partial charge < -0.3 is 16.8 Å². The lowest BCUT2D eigenvalue weighted by Crippen LogP contribution is -2.06. The summed E-state index contributed by atoms with van der Waals surface area (Å²) in [5, 5.41) is 5.24. The van der Waals surface area contributed by atoms with E-state index in [0.717, 1.165) is 21.8 Å². The summed E-state index contributed by atoms with van der Waals surface area (Å²) >= 11 is 1.62. The van der Waals surface area contributed by atoms with Crippen LogP contribution in [0.25, 0.3) is 10.6 Å². The van der Waals surface area contributed by atoms with Gasteiger partial charge in [0.2, 0.25) is 5.95 Å². The molecule has 0 unspecified atom stereocenters. The van der Waals surface area contributed by atoms with Crippen LogP contribution in [0.2, 0.25) is 0 Å². The zero-order chi connectivity index (χ0) is 14.7. The van der Waals surface area contributed by atoms with Gasteiger partial charge in [0.15, 0.2) is 0 Å². The van der Waals surface area contributed by atoms with Gasteiger partial charge in [-0.15, -0.1) is 11.3 Å². The zero-order valence-corrected chi connectivity index (χ0v) is 12.1. The molecular weight excluding hydrogens is 282 g/mol. The van der Waals surface area contributed by atoms with Crippen molar-refractivity contribution in [2.24, 2.45) is 0 Å². The number of rotatable bonds is 4. The van der Waals surface area contributed by atoms with Crippen LogP contribution in [0.15, 0.2) is 47.8 Å². The van der Waals surface area contributed by atoms with Crippen LogP contribution in [0.4, 0.5) is 17.5 Å². The van der Waals surface area contributed by atoms with E-state index in [9.17, 15) is 0 Å². The Morgan fingerprint density at radius 3 is 2.67 bits per heavy atom. The van der Waals surface area contributed by atoms with E-state index >= 15 is 0 Å². The Morgan fingerprint density at radius 1 is 1.05 bits per heavy atom. The van der Waals surface area contributed by atoms with Crippen molar-refractivity contribution >= 4 is 28.8 Å². The lowest BCUT2D eigenvalue weighted by Gasteiger charge is -2.09. The fraction of sp³-hybridized carbons (Fsp3) is 0.0667. The molecule has 0 atom stereocenters. The Labute approximate surface area is 126 Å². The summed E-state index contributed by atoms with van der Waals surface area (Å²) in [6.07, 6.45) is 0. The first-order chi connectivity index (χ1) is 10.2. The first kappa shape index (κ1) is 13.4. The Bertz CT molecular complexity index is 740. The van der Waals surface area contributed by atoms with Crippen LogP contribution >= 0.6 is 11.3 Å². The van der Waals surface area contributed by atoms with E-state index in [-0.39, 0.29) is 5.95 Å². The third kappa shape index (κ3) is 3.11. The molecule has 0 saturated heterocycles. The van der Waals surface area contributed by atoms with E-state index in [2.05, 4.69) is 15.3 Å². The van der Waals surface area contributed by atoms with Gasteiger partial charge in [0.25, 0.3) is 0 Å². The number of hydrogen-bond donors (Lipinski definition) is 3. The van der Waals surface area contributed by atoms with Gasteiger partial charge in [-0.3, -0.25) is 0 Å². The van der Waals surface area contributed by atoms with Gasteiger partial charge in [0.1, 0.15) is 5.82 Å². The monoisotopic (exact) mass is 297 g/mol. The molecule has 106 valence electrons. The molecule has 0 aliphatic rings. The summed E-state index contributed by atoms with van der Waals surface area (Å²) < 4.78 is 0. The molecule has 0 saturated carbocycles. The third-order valence-corrected chi connectivity index (χ3v) is 3.92. The third-order valence-electron chi connectivity index (χ3n) is 3.03. The number of nitrogens with two attached hydrogens (primary N) is 2. The number of para-hydroxylation sites is 1. The smallest absolute Gasteiger partial charge is 0.222 e. The number of thiophene rings is 1. The molecular formula is C15H15N5S. The van der Waals surface area contributed by atoms with Crippen LogP contribution in [0.3, 0.4) is 0 Å². The van der Waals surface area contributed by atoms with Crippen LogP contribution < -0.4 is 16.8 Å². The highest BCUT2D eigenvalue weighted by atomic mass is 32.1. The minimum Gasteiger partial charge on any atom is -0.398 e. The average Bonchev–Trinajstić information content (AvgIpc) is 3.00. The quantitative estimate of drug-likeness (QED) is 0.644. The van der Waals surface area contributed by atoms with E-state index in [0.29, 0.717) is 12.4 Å². The summed E-state index contributed by atoms with van der Waals surface area (Å²) in [4.78, 5) is 9.53. The van der Waals surface area contributed by atoms with Gasteiger partial charge in [0.05, 0.1) is 10.6 Å². The number of anilines is 3. The SMILES string of the molecule is Nc1nc(NCc2ccccc2N)cc(-c2cccs2)n1. The van der Waals surface area contributed by atoms with Gasteiger partial charge in [-0.2, -0.15) is 4.98 Å². The molecule has 3 rings (SSSR count). The van der Waals surface area contributed by atoms with Gasteiger partial charge in [0, 0.05) is 18.3 Å². The van der Waals surface area contributed by atoms with E-state index in [1.165, 1.54) is 0 Å². The van der Waals surface area contributed by atoms with Crippen molar-refractivity contribution in [1.29, 1.82) is 0 Å². The highest BCUT2D eigenvalue weighted by Gasteiger charge is 2.06. The zero-order valence-electron chi connectivity index (χ0n) is 11.3. The van der Waals surface area contributed by atoms with Gasteiger partial charge in [-0.1, -0.05) is 24.3 Å². The normalized spacial score (nSPS) is 10.5. The summed E-state index contributed by atoms with van der Waals surface area (Å²) in [5.41, 5.74) is 14.3. The molecule has 0 fully saturated rings. The van der Waals surface area contributed by atoms with Crippen LogP contribution in [0.5, 0.6) is 0 Å². The molecule has 21 heavy (non-hydrogen) atoms. The Kier molecular flexibility index (Phi) is 3.70. The molecule has 0 spiro atoms. The molecule has 5 N–H and O–H groups in total. The lowest BCUT2D eigenvalue weighted by molar-refractivity contribution is 1.09. The van der Waals surface area contributed by atoms with Crippen molar-refractivity contribution < 1.29 is 0 Å². The Morgan fingerprint density at radius 2 is 1.90 bits per heavy atom. The van der Waals surface area contributed by atoms with Crippen molar-refractivity contribution in [1.82, 2.24) is 9.97 Å². The standard InChI is InChI=1S/C15H15N5S/c16-11-5-2-1-4-10(11)9-18-14-8-12(19-15(17)20-14)13-6-3-7-21-13/h1-8H,9,16H2,(H3,17,18,19,20). The van der Waals surface area contributed by atoms with Crippen LogP contribution in [0, 0.1) is 0 Å². The fourth-order valence-electron chi connectivity index (χ4n) is 1.99. The minimum atomic E-state index is 0.254. The van der Waals surface area contributed by atoms with Crippen molar-refractivity contribution in [3.8, 4) is 10.6 Å². The van der Waals surface area contributed by atoms with E-state index in [1.807, 2.05) is 47.8 Å². The predicted molar refractivity (Wildman–Crippen MR) is 87.9 cm³/mol. The number of nitrogens with zero attached hydrogens (tertiary/aromatic N) is 2. The molecule has 0 amide bonds. The molecule has 0 aliphatic heterocycles. The second-order valence-corrected chi connectivity index (χ2v) is 5.47. The van der Waals surface area contributed by atoms with E-state index < -0.39 is 0 Å². The molecule has 3 aromatic rings. The van der Waals surface area contributed by atoms with E-state index in [4.69, 9.17) is 11.5 Å². The second-order valence-electron chi connectivity index (χ2n) is 4.53. The minimum absolute atomic E-state index is 0.254. The summed E-state index contributed by atoms with van der Waals surface area (Å²) in [6.45, 7) is 0.590. The predicted octanol–water partition coefficient (Wildman–Crippen LogP) is 2.98. The van der Waals surface area contributed by atoms with E-state index in [1.54, 1.807) is 11.3 Å². The number of nitrogens with one attached hydrogen (secondary N) is 1. The molecule has 0 radical (unpaired) electrons. The van der Waals surface area contributed by atoms with Crippen molar-refractivity contribution in [2.75, 3.05) is 16.8 Å². The highest BCUT2D eigenvalue weighted by Crippen LogP contribution is 2.25. The maximum absolute atomic E-state index is 5.93. The average molecular weight is 297 g/mol. The van der Waals surface area contributed by atoms with Crippen molar-refractivity contribution in [2.45, 2.75) is 6.54 Å². The number of nitrogen functional groups attached to an aromatic ring is 2. The summed E-state index contributed by atoms with van der Waals surface area (Å²) in [5.74, 6) is 0.943. The second kappa shape index (κ2) is 5.80. The van der Waals surface area contributed by atoms with Crippen LogP contribution in [-0.2, 0) is 6.54 Å². The number of benzene rings is 1. The maximum Gasteiger partial charge on any atom is 0.222 e. The molecule has 0 aliphatic carbocycles. The first-order valence-electron chi connectivity index (χ1n) is 6.48. The molecule has 0 bridgehead atoms. The summed E-state index contributed by atoms with van der Waals surface area (Å²) in [7, 11) is 0. The van der Waals surface area contributed by atoms with Gasteiger partial charge in [-0.25, -0.2) is 4.98 Å². The fourth-order valence-corrected chi connectivity index (χ4v) is 2.67. The molecule has 5 nitrogen and oxygen atoms in total. The van der Waals surface area contributed by atoms with Crippen LogP contribution in [-0.4, -0.2) is 9.97 Å². The maximum atomic E-state index is 5.93. The van der Waals surface area contributed by atoms with Gasteiger partial charge >= 0.3 is 0 Å². The molecule has 6 heteroatoms. The molecule has 2 aromatic heterocycles. The topological polar surface area (TPSA) is 89.8 Å². The van der Waals surface area contributed by atoms with Crippen molar-refractivity contribution in [3.63, 3.8) is 0 Å². The molecule has 1 aromatic carbocycles. The largest absolute Gasteiger partial charge is 0.398 e. The number of aromatic nitrogens is 2. The number of hydrogen-bond acceptors (Lipinski definition) is 6. The van der Waals surface area contributed by atoms with Crippen molar-refractivity contribution in [3.05, 3.63) is 53.4 Å². The van der Waals surface area contributed by atoms with Gasteiger partial charge in [-0.05, 0) is 23.1 Å².